The van der Waals surface area contributed by atoms with E-state index in [0.717, 1.165) is 6.08 Å². The predicted octanol–water partition coefficient (Wildman–Crippen LogP) is 0.435. The molecule has 50 valence electrons. The Morgan fingerprint density at radius 1 is 1.89 bits per heavy atom. The molecule has 0 aromatic carbocycles. The zero-order chi connectivity index (χ0) is 7.44. The van der Waals surface area contributed by atoms with E-state index in [9.17, 15) is 10.1 Å². The van der Waals surface area contributed by atoms with E-state index in [1.807, 2.05) is 0 Å². The molecule has 0 spiro atoms. The van der Waals surface area contributed by atoms with E-state index in [4.69, 9.17) is 11.1 Å². The molecule has 5 nitrogen and oxygen atoms in total. The van der Waals surface area contributed by atoms with Crippen LogP contribution in [0.15, 0.2) is 11.9 Å². The van der Waals surface area contributed by atoms with E-state index in [0.29, 0.717) is 0 Å². The molecule has 0 aliphatic carbocycles. The first-order valence-corrected chi connectivity index (χ1v) is 2.69. The molecule has 0 aliphatic rings. The number of halogens is 1. The van der Waals surface area contributed by atoms with Gasteiger partial charge in [0, 0.05) is 0 Å². The van der Waals surface area contributed by atoms with Gasteiger partial charge in [0.2, 0.25) is 0 Å². The minimum atomic E-state index is -0.768. The summed E-state index contributed by atoms with van der Waals surface area (Å²) in [5, 5.41) is 16.4. The van der Waals surface area contributed by atoms with Crippen LogP contribution in [-0.2, 0) is 0 Å². The van der Waals surface area contributed by atoms with E-state index in [-0.39, 0.29) is 4.62 Å². The average Bonchev–Trinajstić information content (AvgIpc) is 1.63. The maximum Gasteiger partial charge on any atom is 0.316 e. The highest BCUT2D eigenvalue weighted by Gasteiger charge is 1.98. The molecule has 0 amide bonds. The Balaban J connectivity index is 4.17. The molecular weight excluding hydrogens is 190 g/mol. The number of nitrogens with two attached hydrogens (primary N) is 1. The topological polar surface area (TPSA) is 93.0 Å². The normalized spacial score (nSPS) is 11.0. The van der Waals surface area contributed by atoms with Crippen LogP contribution in [0.5, 0.6) is 0 Å². The van der Waals surface area contributed by atoms with Gasteiger partial charge in [-0.05, 0) is 20.9 Å². The van der Waals surface area contributed by atoms with Crippen molar-refractivity contribution in [1.29, 1.82) is 5.41 Å². The first-order valence-electron chi connectivity index (χ1n) is 1.89. The molecule has 6 heteroatoms. The summed E-state index contributed by atoms with van der Waals surface area (Å²) in [6.45, 7) is 0. The summed E-state index contributed by atoms with van der Waals surface area (Å²) >= 11 is 2.67. The second-order valence-corrected chi connectivity index (χ2v) is 2.03. The number of rotatable bonds is 2. The Kier molecular flexibility index (Phi) is 2.86. The van der Waals surface area contributed by atoms with Crippen LogP contribution in [0.1, 0.15) is 0 Å². The summed E-state index contributed by atoms with van der Waals surface area (Å²) in [5.41, 5.74) is 4.81. The predicted molar refractivity (Wildman–Crippen MR) is 35.9 cm³/mol. The fourth-order valence-corrected chi connectivity index (χ4v) is 0.417. The Labute approximate surface area is 59.3 Å². The van der Waals surface area contributed by atoms with Crippen molar-refractivity contribution in [2.75, 3.05) is 0 Å². The Bertz CT molecular complexity index is 176. The van der Waals surface area contributed by atoms with Crippen LogP contribution in [0, 0.1) is 15.5 Å². The van der Waals surface area contributed by atoms with E-state index >= 15 is 0 Å². The molecule has 0 unspecified atom stereocenters. The summed E-state index contributed by atoms with van der Waals surface area (Å²) in [6.07, 6.45) is 0.903. The molecule has 0 rings (SSSR count). The SMILES string of the molecule is N=C(Br)/C=C(\N)[N+](=O)[O-]. The van der Waals surface area contributed by atoms with Gasteiger partial charge in [0.1, 0.15) is 4.62 Å². The van der Waals surface area contributed by atoms with Gasteiger partial charge in [-0.15, -0.1) is 0 Å². The third kappa shape index (κ3) is 3.65. The van der Waals surface area contributed by atoms with Crippen molar-refractivity contribution in [3.63, 3.8) is 0 Å². The summed E-state index contributed by atoms with van der Waals surface area (Å²) in [5.74, 6) is -0.545. The van der Waals surface area contributed by atoms with Gasteiger partial charge < -0.3 is 10.1 Å². The number of nitro groups is 1. The highest BCUT2D eigenvalue weighted by atomic mass is 79.9. The molecule has 9 heavy (non-hydrogen) atoms. The van der Waals surface area contributed by atoms with E-state index in [2.05, 4.69) is 15.9 Å². The van der Waals surface area contributed by atoms with Gasteiger partial charge in [0.25, 0.3) is 0 Å². The lowest BCUT2D eigenvalue weighted by Crippen LogP contribution is -2.09. The molecule has 0 aromatic rings. The highest BCUT2D eigenvalue weighted by Crippen LogP contribution is 1.91. The highest BCUT2D eigenvalue weighted by molar-refractivity contribution is 9.18. The minimum Gasteiger partial charge on any atom is -0.358 e. The van der Waals surface area contributed by atoms with Crippen molar-refractivity contribution in [3.8, 4) is 0 Å². The average molecular weight is 194 g/mol. The lowest BCUT2D eigenvalue weighted by molar-refractivity contribution is -0.426. The fraction of sp³-hybridized carbons (Fsp3) is 0. The van der Waals surface area contributed by atoms with Gasteiger partial charge in [0.15, 0.2) is 0 Å². The first-order chi connectivity index (χ1) is 4.04. The van der Waals surface area contributed by atoms with Crippen LogP contribution in [0.4, 0.5) is 0 Å². The van der Waals surface area contributed by atoms with Crippen molar-refractivity contribution in [2.45, 2.75) is 0 Å². The number of hydrogen-bond acceptors (Lipinski definition) is 4. The summed E-state index contributed by atoms with van der Waals surface area (Å²) in [6, 6.07) is 0. The lowest BCUT2D eigenvalue weighted by atomic mass is 10.6. The van der Waals surface area contributed by atoms with Crippen molar-refractivity contribution in [2.24, 2.45) is 5.73 Å². The number of hydrogen-bond donors (Lipinski definition) is 2. The molecule has 0 atom stereocenters. The largest absolute Gasteiger partial charge is 0.358 e. The van der Waals surface area contributed by atoms with Crippen LogP contribution < -0.4 is 5.73 Å². The summed E-state index contributed by atoms with van der Waals surface area (Å²) < 4.78 is -0.114. The van der Waals surface area contributed by atoms with Crippen molar-refractivity contribution < 1.29 is 4.92 Å². The van der Waals surface area contributed by atoms with E-state index in [1.165, 1.54) is 0 Å². The number of nitrogens with one attached hydrogen (secondary N) is 1. The molecule has 0 saturated heterocycles. The van der Waals surface area contributed by atoms with Gasteiger partial charge in [-0.3, -0.25) is 11.1 Å². The molecule has 0 saturated carbocycles. The second kappa shape index (κ2) is 3.18. The molecule has 0 aromatic heterocycles. The monoisotopic (exact) mass is 193 g/mol. The third-order valence-corrected chi connectivity index (χ3v) is 0.714. The van der Waals surface area contributed by atoms with Gasteiger partial charge in [0.05, 0.1) is 6.08 Å². The van der Waals surface area contributed by atoms with E-state index in [1.54, 1.807) is 0 Å². The molecular formula is C3H4BrN3O2. The standard InChI is InChI=1S/C3H4BrN3O2/c4-2(5)1-3(6)7(8)9/h1,5H,6H2/b3-1+,5-2?. The fourth-order valence-electron chi connectivity index (χ4n) is 0.183. The van der Waals surface area contributed by atoms with Crippen LogP contribution in [0.25, 0.3) is 0 Å². The second-order valence-electron chi connectivity index (χ2n) is 1.17. The Morgan fingerprint density at radius 2 is 2.33 bits per heavy atom. The maximum atomic E-state index is 9.73. The van der Waals surface area contributed by atoms with Crippen molar-refractivity contribution >= 4 is 20.6 Å². The van der Waals surface area contributed by atoms with Crippen LogP contribution in [0.3, 0.4) is 0 Å². The van der Waals surface area contributed by atoms with Gasteiger partial charge in [-0.2, -0.15) is 0 Å². The third-order valence-electron chi connectivity index (χ3n) is 0.485. The quantitative estimate of drug-likeness (QED) is 0.379. The first kappa shape index (κ1) is 8.09. The smallest absolute Gasteiger partial charge is 0.316 e. The van der Waals surface area contributed by atoms with Crippen LogP contribution >= 0.6 is 15.9 Å². The molecule has 3 N–H and O–H groups in total. The maximum absolute atomic E-state index is 9.73. The minimum absolute atomic E-state index is 0.114. The molecule has 0 fully saturated rings. The van der Waals surface area contributed by atoms with Gasteiger partial charge in [-0.1, -0.05) is 0 Å². The van der Waals surface area contributed by atoms with Gasteiger partial charge >= 0.3 is 5.82 Å². The zero-order valence-electron chi connectivity index (χ0n) is 4.30. The van der Waals surface area contributed by atoms with Gasteiger partial charge in [-0.25, -0.2) is 0 Å². The Hall–Kier alpha value is -0.910. The molecule has 0 radical (unpaired) electrons. The number of nitrogens with zero attached hydrogens (tertiary/aromatic N) is 1. The summed E-state index contributed by atoms with van der Waals surface area (Å²) in [4.78, 5) is 8.96. The Morgan fingerprint density at radius 3 is 2.44 bits per heavy atom. The van der Waals surface area contributed by atoms with Crippen molar-refractivity contribution in [3.05, 3.63) is 22.0 Å². The molecule has 0 heterocycles. The molecule has 0 aliphatic heterocycles. The molecule has 0 bridgehead atoms. The van der Waals surface area contributed by atoms with Crippen molar-refractivity contribution in [1.82, 2.24) is 0 Å². The van der Waals surface area contributed by atoms with E-state index < -0.39 is 10.7 Å². The summed E-state index contributed by atoms with van der Waals surface area (Å²) in [7, 11) is 0. The van der Waals surface area contributed by atoms with Crippen LogP contribution in [0.2, 0.25) is 0 Å². The zero-order valence-corrected chi connectivity index (χ0v) is 5.88. The number of allylic oxidation sites excluding steroid dienone is 1. The van der Waals surface area contributed by atoms with Crippen LogP contribution in [-0.4, -0.2) is 9.54 Å². The lowest BCUT2D eigenvalue weighted by Gasteiger charge is -1.89.